The average Bonchev–Trinajstić information content (AvgIpc) is 2.12. The molecule has 2 aromatic rings. The second-order valence-electron chi connectivity index (χ2n) is 2.89. The molecule has 0 radical (unpaired) electrons. The summed E-state index contributed by atoms with van der Waals surface area (Å²) in [5.41, 5.74) is 2.31. The topological polar surface area (TPSA) is 12.9 Å². The van der Waals surface area contributed by atoms with E-state index in [0.29, 0.717) is 0 Å². The largest absolute Gasteiger partial charge is 0.255 e. The molecule has 1 aromatic carbocycles. The third-order valence-corrected chi connectivity index (χ3v) is 3.48. The van der Waals surface area contributed by atoms with Crippen LogP contribution in [-0.4, -0.2) is 4.98 Å². The van der Waals surface area contributed by atoms with Gasteiger partial charge < -0.3 is 0 Å². The van der Waals surface area contributed by atoms with Crippen LogP contribution < -0.4 is 0 Å². The van der Waals surface area contributed by atoms with E-state index in [1.165, 1.54) is 14.5 Å². The van der Waals surface area contributed by atoms with Crippen LogP contribution in [0.3, 0.4) is 0 Å². The van der Waals surface area contributed by atoms with E-state index in [9.17, 15) is 0 Å². The van der Waals surface area contributed by atoms with Gasteiger partial charge in [0, 0.05) is 19.6 Å². The number of nitrogens with zero attached hydrogens (tertiary/aromatic N) is 1. The van der Waals surface area contributed by atoms with E-state index in [1.54, 1.807) is 0 Å². The predicted molar refractivity (Wildman–Crippen MR) is 66.9 cm³/mol. The smallest absolute Gasteiger partial charge is 0.0706 e. The number of pyridine rings is 1. The zero-order valence-electron chi connectivity index (χ0n) is 7.01. The number of hydrogen-bond donors (Lipinski definition) is 0. The lowest BCUT2D eigenvalue weighted by Crippen LogP contribution is -1.85. The number of hydrogen-bond acceptors (Lipinski definition) is 1. The van der Waals surface area contributed by atoms with Gasteiger partial charge in [0.05, 0.1) is 5.52 Å². The van der Waals surface area contributed by atoms with E-state index in [-0.39, 0.29) is 0 Å². The molecular weight excluding hydrogens is 341 g/mol. The summed E-state index contributed by atoms with van der Waals surface area (Å²) in [7, 11) is 0. The fourth-order valence-corrected chi connectivity index (χ4v) is 2.09. The number of aryl methyl sites for hydroxylation is 1. The van der Waals surface area contributed by atoms with Gasteiger partial charge in [0.2, 0.25) is 0 Å². The molecule has 1 nitrogen and oxygen atoms in total. The Bertz CT molecular complexity index is 462. The summed E-state index contributed by atoms with van der Waals surface area (Å²) < 4.78 is 2.31. The van der Waals surface area contributed by atoms with Crippen molar-refractivity contribution < 1.29 is 0 Å². The van der Waals surface area contributed by atoms with Crippen molar-refractivity contribution in [3.05, 3.63) is 38.0 Å². The molecule has 0 unspecified atom stereocenters. The standard InChI is InChI=1S/C10H7BrIN/c1-6-8-4-7(12)5-13-10(8)3-2-9(6)11/h2-5H,1H3. The molecule has 2 rings (SSSR count). The first kappa shape index (κ1) is 9.40. The molecule has 13 heavy (non-hydrogen) atoms. The molecule has 66 valence electrons. The van der Waals surface area contributed by atoms with Gasteiger partial charge in [0.1, 0.15) is 0 Å². The molecule has 0 aliphatic carbocycles. The zero-order valence-corrected chi connectivity index (χ0v) is 10.8. The molecule has 0 amide bonds. The first-order valence-electron chi connectivity index (χ1n) is 3.89. The maximum absolute atomic E-state index is 4.35. The lowest BCUT2D eigenvalue weighted by atomic mass is 10.1. The van der Waals surface area contributed by atoms with Gasteiger partial charge in [-0.15, -0.1) is 0 Å². The molecule has 1 aromatic heterocycles. The summed E-state index contributed by atoms with van der Waals surface area (Å²) >= 11 is 5.79. The van der Waals surface area contributed by atoms with Gasteiger partial charge in [-0.05, 0) is 53.3 Å². The molecule has 0 aliphatic rings. The quantitative estimate of drug-likeness (QED) is 0.658. The second-order valence-corrected chi connectivity index (χ2v) is 4.99. The van der Waals surface area contributed by atoms with Crippen LogP contribution in [0.15, 0.2) is 28.9 Å². The van der Waals surface area contributed by atoms with E-state index in [0.717, 1.165) is 9.99 Å². The highest BCUT2D eigenvalue weighted by atomic mass is 127. The van der Waals surface area contributed by atoms with Crippen LogP contribution in [0.2, 0.25) is 0 Å². The highest BCUT2D eigenvalue weighted by Gasteiger charge is 2.02. The van der Waals surface area contributed by atoms with Crippen LogP contribution in [0.4, 0.5) is 0 Å². The van der Waals surface area contributed by atoms with Gasteiger partial charge in [-0.1, -0.05) is 15.9 Å². The molecule has 0 saturated heterocycles. The summed E-state index contributed by atoms with van der Waals surface area (Å²) in [4.78, 5) is 4.35. The average molecular weight is 348 g/mol. The first-order chi connectivity index (χ1) is 6.18. The molecular formula is C10H7BrIN. The van der Waals surface area contributed by atoms with Crippen molar-refractivity contribution >= 4 is 49.4 Å². The fraction of sp³-hybridized carbons (Fsp3) is 0.100. The fourth-order valence-electron chi connectivity index (χ4n) is 1.29. The Morgan fingerprint density at radius 2 is 2.15 bits per heavy atom. The number of rotatable bonds is 0. The summed E-state index contributed by atoms with van der Waals surface area (Å²) in [6.07, 6.45) is 1.89. The Morgan fingerprint density at radius 3 is 2.92 bits per heavy atom. The normalized spacial score (nSPS) is 10.7. The van der Waals surface area contributed by atoms with E-state index in [2.05, 4.69) is 56.5 Å². The van der Waals surface area contributed by atoms with Crippen molar-refractivity contribution in [3.63, 3.8) is 0 Å². The van der Waals surface area contributed by atoms with E-state index in [1.807, 2.05) is 18.3 Å². The third-order valence-electron chi connectivity index (χ3n) is 2.03. The van der Waals surface area contributed by atoms with Crippen LogP contribution in [0, 0.1) is 10.5 Å². The molecule has 1 heterocycles. The SMILES string of the molecule is Cc1c(Br)ccc2ncc(I)cc12. The molecule has 0 saturated carbocycles. The van der Waals surface area contributed by atoms with Gasteiger partial charge in [-0.2, -0.15) is 0 Å². The zero-order chi connectivity index (χ0) is 9.42. The van der Waals surface area contributed by atoms with E-state index < -0.39 is 0 Å². The van der Waals surface area contributed by atoms with Crippen LogP contribution >= 0.6 is 38.5 Å². The van der Waals surface area contributed by atoms with E-state index in [4.69, 9.17) is 0 Å². The number of aromatic nitrogens is 1. The van der Waals surface area contributed by atoms with Crippen LogP contribution in [-0.2, 0) is 0 Å². The number of halogens is 2. The molecule has 0 aliphatic heterocycles. The molecule has 3 heteroatoms. The Morgan fingerprint density at radius 1 is 1.38 bits per heavy atom. The van der Waals surface area contributed by atoms with Crippen molar-refractivity contribution in [1.29, 1.82) is 0 Å². The summed E-state index contributed by atoms with van der Waals surface area (Å²) in [5, 5.41) is 1.22. The van der Waals surface area contributed by atoms with Crippen molar-refractivity contribution in [2.24, 2.45) is 0 Å². The van der Waals surface area contributed by atoms with Crippen LogP contribution in [0.1, 0.15) is 5.56 Å². The lowest BCUT2D eigenvalue weighted by molar-refractivity contribution is 1.36. The summed E-state index contributed by atoms with van der Waals surface area (Å²) in [6, 6.07) is 6.23. The highest BCUT2D eigenvalue weighted by molar-refractivity contribution is 14.1. The minimum absolute atomic E-state index is 1.06. The van der Waals surface area contributed by atoms with Crippen molar-refractivity contribution in [2.75, 3.05) is 0 Å². The Hall–Kier alpha value is -0.160. The molecule has 0 bridgehead atoms. The second kappa shape index (κ2) is 3.53. The Kier molecular flexibility index (Phi) is 2.55. The van der Waals surface area contributed by atoms with Crippen LogP contribution in [0.5, 0.6) is 0 Å². The minimum Gasteiger partial charge on any atom is -0.255 e. The molecule has 0 N–H and O–H groups in total. The number of fused-ring (bicyclic) bond motifs is 1. The van der Waals surface area contributed by atoms with Gasteiger partial charge in [0.15, 0.2) is 0 Å². The van der Waals surface area contributed by atoms with Gasteiger partial charge in [0.25, 0.3) is 0 Å². The third kappa shape index (κ3) is 1.72. The molecule has 0 atom stereocenters. The monoisotopic (exact) mass is 347 g/mol. The van der Waals surface area contributed by atoms with Crippen molar-refractivity contribution in [3.8, 4) is 0 Å². The van der Waals surface area contributed by atoms with Gasteiger partial charge in [-0.3, -0.25) is 4.98 Å². The first-order valence-corrected chi connectivity index (χ1v) is 5.76. The van der Waals surface area contributed by atoms with E-state index >= 15 is 0 Å². The maximum atomic E-state index is 4.35. The number of benzene rings is 1. The van der Waals surface area contributed by atoms with Crippen molar-refractivity contribution in [1.82, 2.24) is 4.98 Å². The van der Waals surface area contributed by atoms with Gasteiger partial charge >= 0.3 is 0 Å². The molecule has 0 fully saturated rings. The minimum atomic E-state index is 1.06. The Labute approximate surface area is 98.8 Å². The lowest BCUT2D eigenvalue weighted by Gasteiger charge is -2.03. The van der Waals surface area contributed by atoms with Gasteiger partial charge in [-0.25, -0.2) is 0 Å². The van der Waals surface area contributed by atoms with Crippen molar-refractivity contribution in [2.45, 2.75) is 6.92 Å². The maximum Gasteiger partial charge on any atom is 0.0706 e. The summed E-state index contributed by atoms with van der Waals surface area (Å²) in [6.45, 7) is 2.10. The Balaban J connectivity index is 2.89. The summed E-state index contributed by atoms with van der Waals surface area (Å²) in [5.74, 6) is 0. The van der Waals surface area contributed by atoms with Crippen LogP contribution in [0.25, 0.3) is 10.9 Å². The highest BCUT2D eigenvalue weighted by Crippen LogP contribution is 2.25. The predicted octanol–water partition coefficient (Wildman–Crippen LogP) is 3.91. The molecule has 0 spiro atoms.